The van der Waals surface area contributed by atoms with Gasteiger partial charge in [-0.05, 0) is 25.2 Å². The third-order valence-electron chi connectivity index (χ3n) is 2.42. The lowest BCUT2D eigenvalue weighted by atomic mass is 10.0. The Balaban J connectivity index is 2.03. The van der Waals surface area contributed by atoms with E-state index in [9.17, 15) is 0 Å². The van der Waals surface area contributed by atoms with Crippen molar-refractivity contribution in [1.82, 2.24) is 5.43 Å². The van der Waals surface area contributed by atoms with Crippen molar-refractivity contribution in [2.45, 2.75) is 44.6 Å². The van der Waals surface area contributed by atoms with E-state index in [0.29, 0.717) is 6.04 Å². The molecule has 0 saturated heterocycles. The number of nitrogens with one attached hydrogen (secondary N) is 1. The van der Waals surface area contributed by atoms with Gasteiger partial charge in [0.25, 0.3) is 0 Å². The fourth-order valence-electron chi connectivity index (χ4n) is 1.48. The van der Waals surface area contributed by atoms with Crippen molar-refractivity contribution in [3.63, 3.8) is 0 Å². The minimum Gasteiger partial charge on any atom is -0.271 e. The Morgan fingerprint density at radius 1 is 1.58 bits per heavy atom. The Bertz CT molecular complexity index is 156. The molecule has 0 bridgehead atoms. The third-order valence-corrected chi connectivity index (χ3v) is 2.42. The highest BCUT2D eigenvalue weighted by atomic mass is 15.2. The highest BCUT2D eigenvalue weighted by Crippen LogP contribution is 2.34. The zero-order valence-corrected chi connectivity index (χ0v) is 7.55. The first-order valence-corrected chi connectivity index (χ1v) is 4.76. The number of hydrogen-bond acceptors (Lipinski definition) is 2. The van der Waals surface area contributed by atoms with Gasteiger partial charge >= 0.3 is 0 Å². The molecule has 1 saturated carbocycles. The van der Waals surface area contributed by atoms with E-state index in [0.717, 1.165) is 25.2 Å². The van der Waals surface area contributed by atoms with Gasteiger partial charge in [-0.15, -0.1) is 12.3 Å². The molecule has 0 aliphatic heterocycles. The SMILES string of the molecule is C#CCCCC(CC1CC1)NN. The van der Waals surface area contributed by atoms with Crippen molar-refractivity contribution in [2.24, 2.45) is 11.8 Å². The molecule has 3 N–H and O–H groups in total. The number of rotatable bonds is 6. The van der Waals surface area contributed by atoms with Gasteiger partial charge < -0.3 is 0 Å². The molecule has 0 aromatic heterocycles. The van der Waals surface area contributed by atoms with Gasteiger partial charge in [-0.2, -0.15) is 0 Å². The molecule has 68 valence electrons. The normalized spacial score (nSPS) is 18.7. The zero-order chi connectivity index (χ0) is 8.81. The van der Waals surface area contributed by atoms with Gasteiger partial charge in [-0.1, -0.05) is 12.8 Å². The van der Waals surface area contributed by atoms with Crippen molar-refractivity contribution in [3.05, 3.63) is 0 Å². The van der Waals surface area contributed by atoms with Crippen LogP contribution in [0.3, 0.4) is 0 Å². The number of nitrogens with two attached hydrogens (primary N) is 1. The van der Waals surface area contributed by atoms with Crippen molar-refractivity contribution >= 4 is 0 Å². The molecular formula is C10H18N2. The van der Waals surface area contributed by atoms with Crippen LogP contribution in [0.25, 0.3) is 0 Å². The molecule has 1 unspecified atom stereocenters. The minimum absolute atomic E-state index is 0.492. The van der Waals surface area contributed by atoms with Crippen molar-refractivity contribution < 1.29 is 0 Å². The number of hydrogen-bond donors (Lipinski definition) is 2. The topological polar surface area (TPSA) is 38.0 Å². The molecular weight excluding hydrogens is 148 g/mol. The first-order valence-electron chi connectivity index (χ1n) is 4.76. The average molecular weight is 166 g/mol. The van der Waals surface area contributed by atoms with Crippen LogP contribution < -0.4 is 11.3 Å². The monoisotopic (exact) mass is 166 g/mol. The lowest BCUT2D eigenvalue weighted by Crippen LogP contribution is -2.35. The van der Waals surface area contributed by atoms with Gasteiger partial charge in [0, 0.05) is 12.5 Å². The predicted octanol–water partition coefficient (Wildman–Crippen LogP) is 1.42. The van der Waals surface area contributed by atoms with Gasteiger partial charge in [-0.3, -0.25) is 11.3 Å². The van der Waals surface area contributed by atoms with E-state index < -0.39 is 0 Å². The second-order valence-electron chi connectivity index (χ2n) is 3.64. The van der Waals surface area contributed by atoms with Gasteiger partial charge in [0.2, 0.25) is 0 Å². The van der Waals surface area contributed by atoms with Crippen molar-refractivity contribution in [2.75, 3.05) is 0 Å². The first-order chi connectivity index (χ1) is 5.86. The molecule has 0 amide bonds. The van der Waals surface area contributed by atoms with E-state index in [4.69, 9.17) is 12.3 Å². The van der Waals surface area contributed by atoms with Gasteiger partial charge in [0.15, 0.2) is 0 Å². The lowest BCUT2D eigenvalue weighted by Gasteiger charge is -2.13. The van der Waals surface area contributed by atoms with Crippen molar-refractivity contribution in [3.8, 4) is 12.3 Å². The summed E-state index contributed by atoms with van der Waals surface area (Å²) in [4.78, 5) is 0. The van der Waals surface area contributed by atoms with E-state index in [1.165, 1.54) is 19.3 Å². The zero-order valence-electron chi connectivity index (χ0n) is 7.55. The van der Waals surface area contributed by atoms with E-state index >= 15 is 0 Å². The van der Waals surface area contributed by atoms with Crippen LogP contribution in [0.5, 0.6) is 0 Å². The highest BCUT2D eigenvalue weighted by molar-refractivity contribution is 4.85. The summed E-state index contributed by atoms with van der Waals surface area (Å²) in [5.74, 6) is 9.02. The smallest absolute Gasteiger partial charge is 0.0213 e. The quantitative estimate of drug-likeness (QED) is 0.271. The molecule has 1 aliphatic carbocycles. The van der Waals surface area contributed by atoms with Crippen LogP contribution >= 0.6 is 0 Å². The first kappa shape index (κ1) is 9.57. The van der Waals surface area contributed by atoms with Crippen LogP contribution in [0.15, 0.2) is 0 Å². The van der Waals surface area contributed by atoms with Gasteiger partial charge in [0.05, 0.1) is 0 Å². The fraction of sp³-hybridized carbons (Fsp3) is 0.800. The maximum absolute atomic E-state index is 5.43. The second-order valence-corrected chi connectivity index (χ2v) is 3.64. The molecule has 2 heteroatoms. The number of terminal acetylenes is 1. The molecule has 0 spiro atoms. The van der Waals surface area contributed by atoms with Crippen LogP contribution in [-0.2, 0) is 0 Å². The molecule has 0 aromatic rings. The van der Waals surface area contributed by atoms with E-state index in [1.807, 2.05) is 0 Å². The molecule has 12 heavy (non-hydrogen) atoms. The van der Waals surface area contributed by atoms with Crippen LogP contribution in [0.2, 0.25) is 0 Å². The summed E-state index contributed by atoms with van der Waals surface area (Å²) in [5.41, 5.74) is 2.86. The van der Waals surface area contributed by atoms with Crippen LogP contribution in [0, 0.1) is 18.3 Å². The van der Waals surface area contributed by atoms with Gasteiger partial charge in [-0.25, -0.2) is 0 Å². The Hall–Kier alpha value is -0.520. The van der Waals surface area contributed by atoms with Crippen LogP contribution in [0.4, 0.5) is 0 Å². The van der Waals surface area contributed by atoms with Gasteiger partial charge in [0.1, 0.15) is 0 Å². The second kappa shape index (κ2) is 5.18. The molecule has 0 radical (unpaired) electrons. The average Bonchev–Trinajstić information content (AvgIpc) is 2.87. The third kappa shape index (κ3) is 3.75. The lowest BCUT2D eigenvalue weighted by molar-refractivity contribution is 0.433. The Morgan fingerprint density at radius 2 is 2.33 bits per heavy atom. The molecule has 0 heterocycles. The number of hydrazine groups is 1. The maximum Gasteiger partial charge on any atom is 0.0213 e. The van der Waals surface area contributed by atoms with Crippen molar-refractivity contribution in [1.29, 1.82) is 0 Å². The van der Waals surface area contributed by atoms with Crippen LogP contribution in [0.1, 0.15) is 38.5 Å². The Labute approximate surface area is 74.9 Å². The summed E-state index contributed by atoms with van der Waals surface area (Å²) in [5, 5.41) is 0. The summed E-state index contributed by atoms with van der Waals surface area (Å²) in [6, 6.07) is 0.492. The predicted molar refractivity (Wildman–Crippen MR) is 51.1 cm³/mol. The Kier molecular flexibility index (Phi) is 4.13. The molecule has 2 nitrogen and oxygen atoms in total. The van der Waals surface area contributed by atoms with Crippen LogP contribution in [-0.4, -0.2) is 6.04 Å². The minimum atomic E-state index is 0.492. The highest BCUT2D eigenvalue weighted by Gasteiger charge is 2.24. The summed E-state index contributed by atoms with van der Waals surface area (Å²) in [6.07, 6.45) is 12.3. The van der Waals surface area contributed by atoms with E-state index in [-0.39, 0.29) is 0 Å². The molecule has 1 aliphatic rings. The summed E-state index contributed by atoms with van der Waals surface area (Å²) < 4.78 is 0. The molecule has 1 atom stereocenters. The number of unbranched alkanes of at least 4 members (excludes halogenated alkanes) is 1. The summed E-state index contributed by atoms with van der Waals surface area (Å²) in [7, 11) is 0. The Morgan fingerprint density at radius 3 is 2.83 bits per heavy atom. The largest absolute Gasteiger partial charge is 0.271 e. The molecule has 0 aromatic carbocycles. The summed E-state index contributed by atoms with van der Waals surface area (Å²) >= 11 is 0. The molecule has 1 fully saturated rings. The maximum atomic E-state index is 5.43. The summed E-state index contributed by atoms with van der Waals surface area (Å²) in [6.45, 7) is 0. The fourth-order valence-corrected chi connectivity index (χ4v) is 1.48. The molecule has 1 rings (SSSR count). The standard InChI is InChI=1S/C10H18N2/c1-2-3-4-5-10(12-11)8-9-6-7-9/h1,9-10,12H,3-8,11H2. The van der Waals surface area contributed by atoms with E-state index in [1.54, 1.807) is 0 Å². The van der Waals surface area contributed by atoms with E-state index in [2.05, 4.69) is 11.3 Å².